The van der Waals surface area contributed by atoms with Gasteiger partial charge in [0.1, 0.15) is 6.61 Å². The van der Waals surface area contributed by atoms with E-state index in [4.69, 9.17) is 9.84 Å². The second kappa shape index (κ2) is 10.2. The molecule has 23 heavy (non-hydrogen) atoms. The predicted molar refractivity (Wildman–Crippen MR) is 83.9 cm³/mol. The normalized spacial score (nSPS) is 9.96. The monoisotopic (exact) mass is 322 g/mol. The van der Waals surface area contributed by atoms with Gasteiger partial charge in [-0.15, -0.1) is 0 Å². The summed E-state index contributed by atoms with van der Waals surface area (Å²) in [6.45, 7) is 2.46. The molecule has 0 bridgehead atoms. The van der Waals surface area contributed by atoms with Gasteiger partial charge in [0.2, 0.25) is 0 Å². The van der Waals surface area contributed by atoms with Gasteiger partial charge in [0.15, 0.2) is 0 Å². The standard InChI is InChI=1S/C16H22N2O5/c1-2-3-10-18(11-9-14(19)20)15(21)17-16(22)23-12-13-7-5-4-6-8-13/h4-8H,2-3,9-12H2,1H3,(H,19,20)(H,17,21,22). The van der Waals surface area contributed by atoms with Crippen LogP contribution in [-0.2, 0) is 16.1 Å². The van der Waals surface area contributed by atoms with Crippen LogP contribution in [0.15, 0.2) is 30.3 Å². The molecular weight excluding hydrogens is 300 g/mol. The van der Waals surface area contributed by atoms with Crippen molar-refractivity contribution in [1.82, 2.24) is 10.2 Å². The van der Waals surface area contributed by atoms with Gasteiger partial charge >= 0.3 is 18.1 Å². The third-order valence-electron chi connectivity index (χ3n) is 3.09. The number of alkyl carbamates (subject to hydrolysis) is 1. The summed E-state index contributed by atoms with van der Waals surface area (Å²) in [6, 6.07) is 8.45. The van der Waals surface area contributed by atoms with E-state index in [1.807, 2.05) is 25.1 Å². The fraction of sp³-hybridized carbons (Fsp3) is 0.438. The Kier molecular flexibility index (Phi) is 8.20. The van der Waals surface area contributed by atoms with Crippen LogP contribution in [0.4, 0.5) is 9.59 Å². The lowest BCUT2D eigenvalue weighted by Crippen LogP contribution is -2.44. The second-order valence-electron chi connectivity index (χ2n) is 4.98. The third-order valence-corrected chi connectivity index (χ3v) is 3.09. The van der Waals surface area contributed by atoms with Crippen molar-refractivity contribution in [3.05, 3.63) is 35.9 Å². The summed E-state index contributed by atoms with van der Waals surface area (Å²) in [7, 11) is 0. The van der Waals surface area contributed by atoms with Crippen LogP contribution in [0.1, 0.15) is 31.7 Å². The van der Waals surface area contributed by atoms with Crippen molar-refractivity contribution >= 4 is 18.1 Å². The highest BCUT2D eigenvalue weighted by Gasteiger charge is 2.17. The van der Waals surface area contributed by atoms with Crippen molar-refractivity contribution in [1.29, 1.82) is 0 Å². The zero-order valence-electron chi connectivity index (χ0n) is 13.2. The minimum Gasteiger partial charge on any atom is -0.481 e. The maximum absolute atomic E-state index is 12.0. The smallest absolute Gasteiger partial charge is 0.415 e. The Bertz CT molecular complexity index is 518. The number of hydrogen-bond donors (Lipinski definition) is 2. The number of ether oxygens (including phenoxy) is 1. The molecule has 0 atom stereocenters. The molecule has 0 aliphatic carbocycles. The van der Waals surface area contributed by atoms with E-state index in [0.717, 1.165) is 18.4 Å². The Hall–Kier alpha value is -2.57. The molecule has 2 N–H and O–H groups in total. The average Bonchev–Trinajstić information content (AvgIpc) is 2.53. The van der Waals surface area contributed by atoms with Crippen molar-refractivity contribution in [2.24, 2.45) is 0 Å². The van der Waals surface area contributed by atoms with E-state index in [2.05, 4.69) is 5.32 Å². The van der Waals surface area contributed by atoms with E-state index < -0.39 is 18.1 Å². The minimum atomic E-state index is -0.994. The number of amides is 3. The zero-order chi connectivity index (χ0) is 17.1. The molecule has 0 saturated heterocycles. The summed E-state index contributed by atoms with van der Waals surface area (Å²) in [6.07, 6.45) is 0.563. The number of carboxylic acid groups (broad SMARTS) is 1. The fourth-order valence-corrected chi connectivity index (χ4v) is 1.82. The van der Waals surface area contributed by atoms with Gasteiger partial charge in [0, 0.05) is 13.1 Å². The van der Waals surface area contributed by atoms with Gasteiger partial charge in [-0.25, -0.2) is 14.9 Å². The lowest BCUT2D eigenvalue weighted by molar-refractivity contribution is -0.137. The Balaban J connectivity index is 2.45. The lowest BCUT2D eigenvalue weighted by Gasteiger charge is -2.21. The number of aliphatic carboxylic acids is 1. The first-order valence-electron chi connectivity index (χ1n) is 7.51. The van der Waals surface area contributed by atoms with E-state index in [9.17, 15) is 14.4 Å². The van der Waals surface area contributed by atoms with Gasteiger partial charge < -0.3 is 14.7 Å². The Labute approximate surface area is 135 Å². The Morgan fingerprint density at radius 2 is 1.87 bits per heavy atom. The van der Waals surface area contributed by atoms with Gasteiger partial charge in [0.25, 0.3) is 0 Å². The summed E-state index contributed by atoms with van der Waals surface area (Å²) in [4.78, 5) is 35.6. The number of carbonyl (C=O) groups excluding carboxylic acids is 2. The molecule has 1 aromatic carbocycles. The quantitative estimate of drug-likeness (QED) is 0.767. The maximum Gasteiger partial charge on any atom is 0.415 e. The number of nitrogens with one attached hydrogen (secondary N) is 1. The van der Waals surface area contributed by atoms with Crippen LogP contribution >= 0.6 is 0 Å². The molecule has 0 saturated carbocycles. The molecule has 0 aliphatic rings. The summed E-state index contributed by atoms with van der Waals surface area (Å²) < 4.78 is 4.97. The highest BCUT2D eigenvalue weighted by molar-refractivity contribution is 5.90. The summed E-state index contributed by atoms with van der Waals surface area (Å²) in [5.74, 6) is -0.994. The molecule has 3 amide bonds. The van der Waals surface area contributed by atoms with Crippen LogP contribution in [0, 0.1) is 0 Å². The molecule has 0 aliphatic heterocycles. The van der Waals surface area contributed by atoms with E-state index in [1.165, 1.54) is 4.90 Å². The van der Waals surface area contributed by atoms with Crippen LogP contribution in [0.25, 0.3) is 0 Å². The van der Waals surface area contributed by atoms with Crippen molar-refractivity contribution in [2.75, 3.05) is 13.1 Å². The highest BCUT2D eigenvalue weighted by atomic mass is 16.5. The van der Waals surface area contributed by atoms with Gasteiger partial charge in [-0.2, -0.15) is 0 Å². The lowest BCUT2D eigenvalue weighted by atomic mass is 10.2. The topological polar surface area (TPSA) is 95.9 Å². The number of unbranched alkanes of at least 4 members (excludes halogenated alkanes) is 1. The van der Waals surface area contributed by atoms with Crippen LogP contribution in [0.5, 0.6) is 0 Å². The number of urea groups is 1. The Morgan fingerprint density at radius 3 is 2.48 bits per heavy atom. The highest BCUT2D eigenvalue weighted by Crippen LogP contribution is 2.02. The molecule has 0 heterocycles. The number of benzene rings is 1. The first kappa shape index (κ1) is 18.5. The second-order valence-corrected chi connectivity index (χ2v) is 4.98. The zero-order valence-corrected chi connectivity index (χ0v) is 13.2. The number of imide groups is 1. The van der Waals surface area contributed by atoms with Gasteiger partial charge in [0.05, 0.1) is 6.42 Å². The third kappa shape index (κ3) is 7.85. The summed E-state index contributed by atoms with van der Waals surface area (Å²) >= 11 is 0. The van der Waals surface area contributed by atoms with Crippen molar-refractivity contribution in [3.8, 4) is 0 Å². The molecule has 7 nitrogen and oxygen atoms in total. The molecule has 0 radical (unpaired) electrons. The molecule has 1 aromatic rings. The fourth-order valence-electron chi connectivity index (χ4n) is 1.82. The van der Waals surface area contributed by atoms with Gasteiger partial charge in [-0.05, 0) is 12.0 Å². The minimum absolute atomic E-state index is 0.0487. The number of hydrogen-bond acceptors (Lipinski definition) is 4. The van der Waals surface area contributed by atoms with Crippen molar-refractivity contribution < 1.29 is 24.2 Å². The molecule has 0 aromatic heterocycles. The van der Waals surface area contributed by atoms with Gasteiger partial charge in [-0.1, -0.05) is 43.7 Å². The molecule has 1 rings (SSSR count). The first-order chi connectivity index (χ1) is 11.0. The van der Waals surface area contributed by atoms with Gasteiger partial charge in [-0.3, -0.25) is 4.79 Å². The van der Waals surface area contributed by atoms with Crippen LogP contribution < -0.4 is 5.32 Å². The first-order valence-corrected chi connectivity index (χ1v) is 7.51. The number of rotatable bonds is 8. The molecule has 126 valence electrons. The van der Waals surface area contributed by atoms with Crippen molar-refractivity contribution in [2.45, 2.75) is 32.8 Å². The number of carboxylic acids is 1. The average molecular weight is 322 g/mol. The van der Waals surface area contributed by atoms with Crippen LogP contribution in [0.2, 0.25) is 0 Å². The number of carbonyl (C=O) groups is 3. The largest absolute Gasteiger partial charge is 0.481 e. The molecule has 7 heteroatoms. The molecule has 0 unspecified atom stereocenters. The van der Waals surface area contributed by atoms with Crippen LogP contribution in [-0.4, -0.2) is 41.2 Å². The van der Waals surface area contributed by atoms with E-state index >= 15 is 0 Å². The van der Waals surface area contributed by atoms with E-state index in [0.29, 0.717) is 6.54 Å². The SMILES string of the molecule is CCCCN(CCC(=O)O)C(=O)NC(=O)OCc1ccccc1. The predicted octanol–water partition coefficient (Wildman–Crippen LogP) is 2.61. The number of nitrogens with zero attached hydrogens (tertiary/aromatic N) is 1. The van der Waals surface area contributed by atoms with E-state index in [-0.39, 0.29) is 19.6 Å². The van der Waals surface area contributed by atoms with Crippen molar-refractivity contribution in [3.63, 3.8) is 0 Å². The van der Waals surface area contributed by atoms with E-state index in [1.54, 1.807) is 12.1 Å². The summed E-state index contributed by atoms with van der Waals surface area (Å²) in [5, 5.41) is 10.8. The molecule has 0 spiro atoms. The maximum atomic E-state index is 12.0. The molecule has 0 fully saturated rings. The summed E-state index contributed by atoms with van der Waals surface area (Å²) in [5.41, 5.74) is 0.809. The molecular formula is C16H22N2O5. The van der Waals surface area contributed by atoms with Crippen LogP contribution in [0.3, 0.4) is 0 Å². The Morgan fingerprint density at radius 1 is 1.17 bits per heavy atom.